The predicted molar refractivity (Wildman–Crippen MR) is 98.7 cm³/mol. The van der Waals surface area contributed by atoms with Crippen molar-refractivity contribution in [3.63, 3.8) is 0 Å². The molecule has 2 rings (SSSR count). The Kier molecular flexibility index (Phi) is 8.49. The second-order valence-corrected chi connectivity index (χ2v) is 7.24. The summed E-state index contributed by atoms with van der Waals surface area (Å²) in [6, 6.07) is 0. The molecule has 24 heavy (non-hydrogen) atoms. The van der Waals surface area contributed by atoms with Crippen LogP contribution in [0.4, 0.5) is 0 Å². The molecule has 1 saturated heterocycles. The van der Waals surface area contributed by atoms with Crippen LogP contribution in [0.15, 0.2) is 11.2 Å². The first kappa shape index (κ1) is 19.1. The standard InChI is InChI=1S/C17H30N4O2S/c1-4-18-17(20-13-16-12-19-14(2)24-16)21-8-6-15(7-9-21)23-11-5-10-22-3/h12,15H,4-11,13H2,1-3H3,(H,18,20). The summed E-state index contributed by atoms with van der Waals surface area (Å²) in [5, 5.41) is 4.50. The van der Waals surface area contributed by atoms with E-state index < -0.39 is 0 Å². The lowest BCUT2D eigenvalue weighted by molar-refractivity contribution is 0.00990. The molecule has 0 atom stereocenters. The lowest BCUT2D eigenvalue weighted by Crippen LogP contribution is -2.47. The highest BCUT2D eigenvalue weighted by molar-refractivity contribution is 7.11. The summed E-state index contributed by atoms with van der Waals surface area (Å²) in [5.41, 5.74) is 0. The van der Waals surface area contributed by atoms with E-state index in [4.69, 9.17) is 14.5 Å². The Balaban J connectivity index is 1.79. The number of rotatable bonds is 8. The van der Waals surface area contributed by atoms with Gasteiger partial charge in [0.2, 0.25) is 0 Å². The molecule has 1 aliphatic rings. The maximum absolute atomic E-state index is 5.93. The van der Waals surface area contributed by atoms with E-state index in [2.05, 4.69) is 22.1 Å². The van der Waals surface area contributed by atoms with E-state index in [1.165, 1.54) is 4.88 Å². The molecule has 7 heteroatoms. The second kappa shape index (κ2) is 10.6. The number of hydrogen-bond donors (Lipinski definition) is 1. The van der Waals surface area contributed by atoms with Crippen molar-refractivity contribution in [2.75, 3.05) is 40.0 Å². The van der Waals surface area contributed by atoms with Crippen molar-refractivity contribution in [3.05, 3.63) is 16.1 Å². The number of guanidine groups is 1. The Morgan fingerprint density at radius 1 is 1.42 bits per heavy atom. The Labute approximate surface area is 149 Å². The third kappa shape index (κ3) is 6.37. The predicted octanol–water partition coefficient (Wildman–Crippen LogP) is 2.43. The van der Waals surface area contributed by atoms with Crippen molar-refractivity contribution < 1.29 is 9.47 Å². The van der Waals surface area contributed by atoms with Crippen molar-refractivity contribution in [3.8, 4) is 0 Å². The number of likely N-dealkylation sites (tertiary alicyclic amines) is 1. The largest absolute Gasteiger partial charge is 0.385 e. The highest BCUT2D eigenvalue weighted by Crippen LogP contribution is 2.16. The highest BCUT2D eigenvalue weighted by Gasteiger charge is 2.21. The molecule has 1 fully saturated rings. The zero-order valence-corrected chi connectivity index (χ0v) is 15.9. The molecule has 0 aliphatic carbocycles. The molecule has 0 amide bonds. The smallest absolute Gasteiger partial charge is 0.194 e. The van der Waals surface area contributed by atoms with Gasteiger partial charge in [-0.1, -0.05) is 0 Å². The van der Waals surface area contributed by atoms with Gasteiger partial charge in [-0.25, -0.2) is 9.98 Å². The van der Waals surface area contributed by atoms with Gasteiger partial charge < -0.3 is 19.7 Å². The molecule has 0 spiro atoms. The van der Waals surface area contributed by atoms with Gasteiger partial charge in [0.15, 0.2) is 5.96 Å². The lowest BCUT2D eigenvalue weighted by Gasteiger charge is -2.34. The first-order valence-electron chi connectivity index (χ1n) is 8.78. The Bertz CT molecular complexity index is 499. The van der Waals surface area contributed by atoms with Crippen molar-refractivity contribution in [1.29, 1.82) is 0 Å². The number of aromatic nitrogens is 1. The number of nitrogens with zero attached hydrogens (tertiary/aromatic N) is 3. The Hall–Kier alpha value is -1.18. The van der Waals surface area contributed by atoms with E-state index in [-0.39, 0.29) is 0 Å². The number of methoxy groups -OCH3 is 1. The SMILES string of the molecule is CCNC(=NCc1cnc(C)s1)N1CCC(OCCCOC)CC1. The summed E-state index contributed by atoms with van der Waals surface area (Å²) in [7, 11) is 1.73. The maximum atomic E-state index is 5.93. The monoisotopic (exact) mass is 354 g/mol. The first-order valence-corrected chi connectivity index (χ1v) is 9.59. The van der Waals surface area contributed by atoms with Gasteiger partial charge in [-0.15, -0.1) is 11.3 Å². The van der Waals surface area contributed by atoms with Crippen LogP contribution in [0.2, 0.25) is 0 Å². The van der Waals surface area contributed by atoms with Crippen LogP contribution in [0.25, 0.3) is 0 Å². The van der Waals surface area contributed by atoms with Crippen LogP contribution in [0, 0.1) is 6.92 Å². The van der Waals surface area contributed by atoms with Crippen molar-refractivity contribution in [1.82, 2.24) is 15.2 Å². The minimum absolute atomic E-state index is 0.366. The molecule has 1 aliphatic heterocycles. The molecule has 0 unspecified atom stereocenters. The zero-order chi connectivity index (χ0) is 17.2. The van der Waals surface area contributed by atoms with Crippen LogP contribution in [0.1, 0.15) is 36.1 Å². The minimum Gasteiger partial charge on any atom is -0.385 e. The lowest BCUT2D eigenvalue weighted by atomic mass is 10.1. The van der Waals surface area contributed by atoms with Gasteiger partial charge in [0.1, 0.15) is 0 Å². The summed E-state index contributed by atoms with van der Waals surface area (Å²) in [5.74, 6) is 1.00. The topological polar surface area (TPSA) is 59.0 Å². The van der Waals surface area contributed by atoms with E-state index >= 15 is 0 Å². The van der Waals surface area contributed by atoms with E-state index in [1.54, 1.807) is 18.4 Å². The molecule has 0 saturated carbocycles. The van der Waals surface area contributed by atoms with Crippen LogP contribution in [0.3, 0.4) is 0 Å². The average molecular weight is 355 g/mol. The van der Waals surface area contributed by atoms with Crippen molar-refractivity contribution in [2.45, 2.75) is 45.8 Å². The molecule has 1 aromatic rings. The summed E-state index contributed by atoms with van der Waals surface area (Å²) >= 11 is 1.71. The van der Waals surface area contributed by atoms with Crippen LogP contribution >= 0.6 is 11.3 Å². The summed E-state index contributed by atoms with van der Waals surface area (Å²) in [4.78, 5) is 12.6. The average Bonchev–Trinajstić information content (AvgIpc) is 3.01. The van der Waals surface area contributed by atoms with E-state index in [0.717, 1.165) is 63.1 Å². The van der Waals surface area contributed by atoms with Crippen LogP contribution in [-0.2, 0) is 16.0 Å². The number of aryl methyl sites for hydroxylation is 1. The van der Waals surface area contributed by atoms with Gasteiger partial charge in [0.05, 0.1) is 17.7 Å². The van der Waals surface area contributed by atoms with Crippen LogP contribution in [-0.4, -0.2) is 61.9 Å². The summed E-state index contributed by atoms with van der Waals surface area (Å²) in [6.07, 6.45) is 5.36. The first-order chi connectivity index (χ1) is 11.7. The molecular weight excluding hydrogens is 324 g/mol. The second-order valence-electron chi connectivity index (χ2n) is 5.92. The van der Waals surface area contributed by atoms with Crippen LogP contribution < -0.4 is 5.32 Å². The number of ether oxygens (including phenoxy) is 2. The number of aliphatic imine (C=N–C) groups is 1. The van der Waals surface area contributed by atoms with Crippen molar-refractivity contribution >= 4 is 17.3 Å². The molecular formula is C17H30N4O2S. The van der Waals surface area contributed by atoms with E-state index in [1.807, 2.05) is 13.1 Å². The summed E-state index contributed by atoms with van der Waals surface area (Å²) in [6.45, 7) is 9.25. The third-order valence-electron chi connectivity index (χ3n) is 3.98. The Morgan fingerprint density at radius 3 is 2.83 bits per heavy atom. The quantitative estimate of drug-likeness (QED) is 0.441. The normalized spacial score (nSPS) is 16.6. The van der Waals surface area contributed by atoms with Crippen LogP contribution in [0.5, 0.6) is 0 Å². The molecule has 0 bridgehead atoms. The molecule has 2 heterocycles. The zero-order valence-electron chi connectivity index (χ0n) is 15.1. The Morgan fingerprint density at radius 2 is 2.21 bits per heavy atom. The molecule has 0 aromatic carbocycles. The molecule has 6 nitrogen and oxygen atoms in total. The minimum atomic E-state index is 0.366. The fraction of sp³-hybridized carbons (Fsp3) is 0.765. The maximum Gasteiger partial charge on any atom is 0.194 e. The van der Waals surface area contributed by atoms with Gasteiger partial charge >= 0.3 is 0 Å². The molecule has 0 radical (unpaired) electrons. The summed E-state index contributed by atoms with van der Waals surface area (Å²) < 4.78 is 11.0. The number of hydrogen-bond acceptors (Lipinski definition) is 5. The molecule has 1 aromatic heterocycles. The van der Waals surface area contributed by atoms with E-state index in [0.29, 0.717) is 12.6 Å². The fourth-order valence-corrected chi connectivity index (χ4v) is 3.46. The fourth-order valence-electron chi connectivity index (χ4n) is 2.74. The third-order valence-corrected chi connectivity index (χ3v) is 4.87. The number of thiazole rings is 1. The van der Waals surface area contributed by atoms with Gasteiger partial charge in [-0.3, -0.25) is 0 Å². The van der Waals surface area contributed by atoms with Gasteiger partial charge in [0.25, 0.3) is 0 Å². The van der Waals surface area contributed by atoms with Gasteiger partial charge in [-0.2, -0.15) is 0 Å². The van der Waals surface area contributed by atoms with Gasteiger partial charge in [0, 0.05) is 51.0 Å². The molecule has 1 N–H and O–H groups in total. The van der Waals surface area contributed by atoms with Gasteiger partial charge in [-0.05, 0) is 33.1 Å². The number of piperidine rings is 1. The van der Waals surface area contributed by atoms with Crippen molar-refractivity contribution in [2.24, 2.45) is 4.99 Å². The number of nitrogens with one attached hydrogen (secondary N) is 1. The highest BCUT2D eigenvalue weighted by atomic mass is 32.1. The van der Waals surface area contributed by atoms with E-state index in [9.17, 15) is 0 Å². The molecule has 136 valence electrons.